The van der Waals surface area contributed by atoms with Gasteiger partial charge in [0.1, 0.15) is 12.1 Å². The smallest absolute Gasteiger partial charge is 0.253 e. The summed E-state index contributed by atoms with van der Waals surface area (Å²) in [6.45, 7) is 2.28. The standard InChI is InChI=1S/C16H19Cl2N3O3.ClH/c17-10-6-11(18)8-12(7-10)20-15(22)13-2-1-4-21(13)16(23)14-9-19-3-5-24-14;/h6-8,13-14,19H,1-5,9H2,(H,20,22);1H. The van der Waals surface area contributed by atoms with E-state index in [1.165, 1.54) is 0 Å². The van der Waals surface area contributed by atoms with Crippen molar-refractivity contribution < 1.29 is 14.3 Å². The summed E-state index contributed by atoms with van der Waals surface area (Å²) < 4.78 is 5.51. The molecular formula is C16H20Cl3N3O3. The highest BCUT2D eigenvalue weighted by Gasteiger charge is 2.38. The molecule has 0 spiro atoms. The van der Waals surface area contributed by atoms with Crippen LogP contribution in [0, 0.1) is 0 Å². The maximum absolute atomic E-state index is 12.6. The zero-order chi connectivity index (χ0) is 17.1. The quantitative estimate of drug-likeness (QED) is 0.805. The van der Waals surface area contributed by atoms with Crippen LogP contribution in [0.25, 0.3) is 0 Å². The molecule has 0 radical (unpaired) electrons. The van der Waals surface area contributed by atoms with Crippen LogP contribution >= 0.6 is 35.6 Å². The van der Waals surface area contributed by atoms with E-state index in [-0.39, 0.29) is 24.2 Å². The minimum Gasteiger partial charge on any atom is -0.366 e. The summed E-state index contributed by atoms with van der Waals surface area (Å²) in [4.78, 5) is 26.8. The van der Waals surface area contributed by atoms with Gasteiger partial charge >= 0.3 is 0 Å². The van der Waals surface area contributed by atoms with Crippen molar-refractivity contribution in [3.63, 3.8) is 0 Å². The molecule has 2 saturated heterocycles. The van der Waals surface area contributed by atoms with Crippen LogP contribution in [0.15, 0.2) is 18.2 Å². The Morgan fingerprint density at radius 3 is 2.60 bits per heavy atom. The molecule has 3 rings (SSSR count). The van der Waals surface area contributed by atoms with Gasteiger partial charge in [-0.15, -0.1) is 12.4 Å². The SMILES string of the molecule is Cl.O=C(Nc1cc(Cl)cc(Cl)c1)C1CCCN1C(=O)C1CNCCO1. The van der Waals surface area contributed by atoms with Crippen molar-refractivity contribution >= 4 is 53.1 Å². The number of rotatable bonds is 3. The summed E-state index contributed by atoms with van der Waals surface area (Å²) in [5.41, 5.74) is 0.521. The molecule has 2 amide bonds. The number of nitrogens with zero attached hydrogens (tertiary/aromatic N) is 1. The van der Waals surface area contributed by atoms with Gasteiger partial charge in [-0.05, 0) is 31.0 Å². The molecule has 1 aromatic carbocycles. The minimum absolute atomic E-state index is 0. The fourth-order valence-electron chi connectivity index (χ4n) is 3.06. The Labute approximate surface area is 162 Å². The summed E-state index contributed by atoms with van der Waals surface area (Å²) in [5, 5.41) is 6.82. The van der Waals surface area contributed by atoms with Crippen LogP contribution in [0.4, 0.5) is 5.69 Å². The van der Waals surface area contributed by atoms with Crippen molar-refractivity contribution in [1.29, 1.82) is 0 Å². The van der Waals surface area contributed by atoms with Gasteiger partial charge in [-0.1, -0.05) is 23.2 Å². The van der Waals surface area contributed by atoms with Crippen LogP contribution in [-0.2, 0) is 14.3 Å². The Hall–Kier alpha value is -1.05. The first kappa shape index (κ1) is 20.3. The molecule has 0 aliphatic carbocycles. The second kappa shape index (κ2) is 9.05. The number of carbonyl (C=O) groups is 2. The summed E-state index contributed by atoms with van der Waals surface area (Å²) in [5.74, 6) is -0.369. The van der Waals surface area contributed by atoms with Crippen molar-refractivity contribution in [2.24, 2.45) is 0 Å². The van der Waals surface area contributed by atoms with Crippen LogP contribution in [0.1, 0.15) is 12.8 Å². The second-order valence-corrected chi connectivity index (χ2v) is 6.77. The number of anilines is 1. The zero-order valence-electron chi connectivity index (χ0n) is 13.5. The van der Waals surface area contributed by atoms with Crippen molar-refractivity contribution in [3.8, 4) is 0 Å². The van der Waals surface area contributed by atoms with E-state index in [0.717, 1.165) is 13.0 Å². The van der Waals surface area contributed by atoms with Crippen molar-refractivity contribution in [3.05, 3.63) is 28.2 Å². The van der Waals surface area contributed by atoms with Crippen LogP contribution in [-0.4, -0.2) is 55.1 Å². The van der Waals surface area contributed by atoms with Crippen molar-refractivity contribution in [2.45, 2.75) is 25.0 Å². The number of ether oxygens (including phenoxy) is 1. The summed E-state index contributed by atoms with van der Waals surface area (Å²) in [6, 6.07) is 4.35. The third-order valence-electron chi connectivity index (χ3n) is 4.17. The van der Waals surface area contributed by atoms with Crippen LogP contribution < -0.4 is 10.6 Å². The van der Waals surface area contributed by atoms with Crippen LogP contribution in [0.3, 0.4) is 0 Å². The molecule has 0 aromatic heterocycles. The maximum Gasteiger partial charge on any atom is 0.253 e. The molecule has 0 bridgehead atoms. The van der Waals surface area contributed by atoms with Gasteiger partial charge in [0, 0.05) is 35.4 Å². The third-order valence-corrected chi connectivity index (χ3v) is 4.61. The molecule has 6 nitrogen and oxygen atoms in total. The van der Waals surface area contributed by atoms with Gasteiger partial charge in [-0.3, -0.25) is 9.59 Å². The Bertz CT molecular complexity index is 618. The molecule has 138 valence electrons. The molecule has 2 heterocycles. The van der Waals surface area contributed by atoms with Gasteiger partial charge in [0.25, 0.3) is 5.91 Å². The van der Waals surface area contributed by atoms with E-state index in [0.29, 0.717) is 41.8 Å². The number of benzene rings is 1. The molecule has 2 unspecified atom stereocenters. The van der Waals surface area contributed by atoms with E-state index in [1.54, 1.807) is 23.1 Å². The van der Waals surface area contributed by atoms with E-state index in [4.69, 9.17) is 27.9 Å². The Balaban J connectivity index is 0.00000225. The zero-order valence-corrected chi connectivity index (χ0v) is 15.8. The first-order valence-corrected chi connectivity index (χ1v) is 8.70. The molecule has 1 aromatic rings. The normalized spacial score (nSPS) is 23.0. The van der Waals surface area contributed by atoms with Crippen LogP contribution in [0.5, 0.6) is 0 Å². The summed E-state index contributed by atoms with van der Waals surface area (Å²) in [7, 11) is 0. The van der Waals surface area contributed by atoms with Gasteiger partial charge in [0.05, 0.1) is 6.61 Å². The van der Waals surface area contributed by atoms with E-state index in [1.807, 2.05) is 0 Å². The highest BCUT2D eigenvalue weighted by Crippen LogP contribution is 2.25. The molecule has 2 fully saturated rings. The number of hydrogen-bond acceptors (Lipinski definition) is 4. The number of hydrogen-bond donors (Lipinski definition) is 2. The predicted octanol–water partition coefficient (Wildman–Crippen LogP) is 2.33. The molecule has 2 aliphatic heterocycles. The summed E-state index contributed by atoms with van der Waals surface area (Å²) >= 11 is 11.9. The van der Waals surface area contributed by atoms with Gasteiger partial charge in [0.2, 0.25) is 5.91 Å². The number of amides is 2. The molecular weight excluding hydrogens is 389 g/mol. The lowest BCUT2D eigenvalue weighted by Crippen LogP contribution is -2.52. The monoisotopic (exact) mass is 407 g/mol. The van der Waals surface area contributed by atoms with E-state index >= 15 is 0 Å². The van der Waals surface area contributed by atoms with Gasteiger partial charge in [0.15, 0.2) is 0 Å². The Kier molecular flexibility index (Phi) is 7.34. The number of morpholine rings is 1. The van der Waals surface area contributed by atoms with Gasteiger partial charge in [-0.2, -0.15) is 0 Å². The first-order valence-electron chi connectivity index (χ1n) is 7.94. The lowest BCUT2D eigenvalue weighted by atomic mass is 10.1. The van der Waals surface area contributed by atoms with Gasteiger partial charge in [-0.25, -0.2) is 0 Å². The highest BCUT2D eigenvalue weighted by atomic mass is 35.5. The number of nitrogens with one attached hydrogen (secondary N) is 2. The second-order valence-electron chi connectivity index (χ2n) is 5.90. The molecule has 25 heavy (non-hydrogen) atoms. The van der Waals surface area contributed by atoms with Crippen molar-refractivity contribution in [1.82, 2.24) is 10.2 Å². The summed E-state index contributed by atoms with van der Waals surface area (Å²) in [6.07, 6.45) is 0.902. The lowest BCUT2D eigenvalue weighted by Gasteiger charge is -2.30. The van der Waals surface area contributed by atoms with E-state index < -0.39 is 12.1 Å². The Morgan fingerprint density at radius 2 is 1.96 bits per heavy atom. The molecule has 2 aliphatic rings. The average molecular weight is 409 g/mol. The third kappa shape index (κ3) is 4.99. The topological polar surface area (TPSA) is 70.7 Å². The largest absolute Gasteiger partial charge is 0.366 e. The average Bonchev–Trinajstić information content (AvgIpc) is 3.03. The predicted molar refractivity (Wildman–Crippen MR) is 99.7 cm³/mol. The first-order chi connectivity index (χ1) is 11.5. The molecule has 0 saturated carbocycles. The highest BCUT2D eigenvalue weighted by molar-refractivity contribution is 6.35. The fourth-order valence-corrected chi connectivity index (χ4v) is 3.59. The number of carbonyl (C=O) groups excluding carboxylic acids is 2. The fraction of sp³-hybridized carbons (Fsp3) is 0.500. The van der Waals surface area contributed by atoms with Crippen LogP contribution in [0.2, 0.25) is 10.0 Å². The van der Waals surface area contributed by atoms with E-state index in [2.05, 4.69) is 10.6 Å². The molecule has 9 heteroatoms. The number of likely N-dealkylation sites (tertiary alicyclic amines) is 1. The Morgan fingerprint density at radius 1 is 1.24 bits per heavy atom. The molecule has 2 N–H and O–H groups in total. The van der Waals surface area contributed by atoms with Gasteiger partial charge < -0.3 is 20.3 Å². The minimum atomic E-state index is -0.521. The number of halogens is 3. The maximum atomic E-state index is 12.6. The van der Waals surface area contributed by atoms with Crippen molar-refractivity contribution in [2.75, 3.05) is 31.6 Å². The lowest BCUT2D eigenvalue weighted by molar-refractivity contribution is -0.148. The molecule has 2 atom stereocenters. The van der Waals surface area contributed by atoms with E-state index in [9.17, 15) is 9.59 Å².